The molecular formula is C19H41N3O5. The van der Waals surface area contributed by atoms with Gasteiger partial charge in [-0.2, -0.15) is 0 Å². The second-order valence-electron chi connectivity index (χ2n) is 7.46. The lowest BCUT2D eigenvalue weighted by Gasteiger charge is -2.27. The van der Waals surface area contributed by atoms with Crippen LogP contribution >= 0.6 is 0 Å². The number of hydrogen-bond acceptors (Lipinski definition) is 8. The quantitative estimate of drug-likeness (QED) is 0.160. The van der Waals surface area contributed by atoms with Crippen LogP contribution in [0, 0.1) is 0 Å². The normalized spacial score (nSPS) is 18.4. The second kappa shape index (κ2) is 15.2. The fourth-order valence-electron chi connectivity index (χ4n) is 3.00. The number of ether oxygens (including phenoxy) is 1. The number of aliphatic hydroxyl groups excluding tert-OH is 3. The molecule has 0 saturated heterocycles. The number of unbranched alkanes of at least 4 members (excludes halogenated alkanes) is 4. The number of nitrogens with two attached hydrogens (primary N) is 3. The van der Waals surface area contributed by atoms with E-state index in [-0.39, 0.29) is 18.8 Å². The van der Waals surface area contributed by atoms with Gasteiger partial charge in [0.15, 0.2) is 0 Å². The molecule has 0 aromatic rings. The summed E-state index contributed by atoms with van der Waals surface area (Å²) in [6.07, 6.45) is 4.34. The molecule has 162 valence electrons. The predicted octanol–water partition coefficient (Wildman–Crippen LogP) is 0.145. The Kier molecular flexibility index (Phi) is 14.8. The third-order valence-corrected chi connectivity index (χ3v) is 5.07. The Bertz CT molecular complexity index is 386. The van der Waals surface area contributed by atoms with E-state index in [1.807, 2.05) is 6.92 Å². The van der Waals surface area contributed by atoms with Crippen LogP contribution in [0.4, 0.5) is 0 Å². The molecule has 0 aromatic heterocycles. The van der Waals surface area contributed by atoms with Crippen molar-refractivity contribution in [1.29, 1.82) is 0 Å². The lowest BCUT2D eigenvalue weighted by atomic mass is 9.92. The molecule has 6 unspecified atom stereocenters. The van der Waals surface area contributed by atoms with Gasteiger partial charge in [0, 0.05) is 24.5 Å². The van der Waals surface area contributed by atoms with Gasteiger partial charge in [0.1, 0.15) is 0 Å². The van der Waals surface area contributed by atoms with Crippen molar-refractivity contribution in [2.75, 3.05) is 7.11 Å². The van der Waals surface area contributed by atoms with E-state index in [2.05, 4.69) is 4.74 Å². The molecule has 0 aliphatic heterocycles. The standard InChI is InChI=1S/C19H41N3O5/c1-3-16(23)14(21)11-18(25)15(22)12-17(24)13(20)9-7-5-4-6-8-10-19(26)27-2/h13-18,23-25H,3-12,20-22H2,1-2H3. The highest BCUT2D eigenvalue weighted by atomic mass is 16.5. The molecule has 0 aliphatic carbocycles. The Morgan fingerprint density at radius 3 is 1.85 bits per heavy atom. The van der Waals surface area contributed by atoms with Crippen LogP contribution in [0.5, 0.6) is 0 Å². The smallest absolute Gasteiger partial charge is 0.305 e. The Morgan fingerprint density at radius 2 is 1.30 bits per heavy atom. The van der Waals surface area contributed by atoms with E-state index in [4.69, 9.17) is 17.2 Å². The first-order valence-corrected chi connectivity index (χ1v) is 10.1. The third-order valence-electron chi connectivity index (χ3n) is 5.07. The largest absolute Gasteiger partial charge is 0.469 e. The number of hydrogen-bond donors (Lipinski definition) is 6. The van der Waals surface area contributed by atoms with Crippen LogP contribution in [-0.4, -0.2) is 64.8 Å². The lowest BCUT2D eigenvalue weighted by molar-refractivity contribution is -0.140. The monoisotopic (exact) mass is 391 g/mol. The highest BCUT2D eigenvalue weighted by Gasteiger charge is 2.25. The summed E-state index contributed by atoms with van der Waals surface area (Å²) < 4.78 is 4.59. The minimum atomic E-state index is -0.891. The molecule has 0 fully saturated rings. The van der Waals surface area contributed by atoms with E-state index in [0.717, 1.165) is 32.1 Å². The molecule has 6 atom stereocenters. The fraction of sp³-hybridized carbons (Fsp3) is 0.947. The lowest BCUT2D eigenvalue weighted by Crippen LogP contribution is -2.47. The van der Waals surface area contributed by atoms with E-state index < -0.39 is 36.4 Å². The molecule has 0 spiro atoms. The highest BCUT2D eigenvalue weighted by Crippen LogP contribution is 2.14. The van der Waals surface area contributed by atoms with Gasteiger partial charge in [-0.3, -0.25) is 4.79 Å². The number of aliphatic hydroxyl groups is 3. The van der Waals surface area contributed by atoms with Crippen LogP contribution in [0.15, 0.2) is 0 Å². The number of carbonyl (C=O) groups is 1. The van der Waals surface area contributed by atoms with Crippen molar-refractivity contribution in [1.82, 2.24) is 0 Å². The van der Waals surface area contributed by atoms with Crippen LogP contribution in [0.2, 0.25) is 0 Å². The second-order valence-corrected chi connectivity index (χ2v) is 7.46. The Balaban J connectivity index is 3.92. The van der Waals surface area contributed by atoms with Gasteiger partial charge in [-0.15, -0.1) is 0 Å². The maximum absolute atomic E-state index is 11.0. The summed E-state index contributed by atoms with van der Waals surface area (Å²) in [5.41, 5.74) is 17.8. The van der Waals surface area contributed by atoms with Crippen LogP contribution in [0.3, 0.4) is 0 Å². The average Bonchev–Trinajstić information content (AvgIpc) is 2.65. The summed E-state index contributed by atoms with van der Waals surface area (Å²) in [6, 6.07) is -1.58. The SMILES string of the molecule is CCC(O)C(N)CC(O)C(N)CC(O)C(N)CCCCCCCC(=O)OC. The number of methoxy groups -OCH3 is 1. The summed E-state index contributed by atoms with van der Waals surface area (Å²) in [5, 5.41) is 30.0. The molecule has 27 heavy (non-hydrogen) atoms. The minimum Gasteiger partial charge on any atom is -0.469 e. The van der Waals surface area contributed by atoms with Crippen LogP contribution in [0.1, 0.15) is 71.1 Å². The van der Waals surface area contributed by atoms with Crippen LogP contribution in [-0.2, 0) is 9.53 Å². The molecule has 9 N–H and O–H groups in total. The molecule has 0 saturated carbocycles. The summed E-state index contributed by atoms with van der Waals surface area (Å²) in [7, 11) is 1.39. The number of carbonyl (C=O) groups excluding carboxylic acids is 1. The number of rotatable bonds is 16. The molecule has 0 aliphatic rings. The zero-order valence-corrected chi connectivity index (χ0v) is 16.9. The molecule has 0 bridgehead atoms. The van der Waals surface area contributed by atoms with Crippen LogP contribution in [0.25, 0.3) is 0 Å². The summed E-state index contributed by atoms with van der Waals surface area (Å²) in [4.78, 5) is 11.0. The molecule has 0 heterocycles. The van der Waals surface area contributed by atoms with Gasteiger partial charge >= 0.3 is 5.97 Å². The maximum Gasteiger partial charge on any atom is 0.305 e. The summed E-state index contributed by atoms with van der Waals surface area (Å²) in [6.45, 7) is 1.82. The van der Waals surface area contributed by atoms with Crippen molar-refractivity contribution < 1.29 is 24.9 Å². The molecular weight excluding hydrogens is 350 g/mol. The van der Waals surface area contributed by atoms with Gasteiger partial charge in [-0.1, -0.05) is 32.6 Å². The molecule has 8 heteroatoms. The first kappa shape index (κ1) is 26.2. The maximum atomic E-state index is 11.0. The van der Waals surface area contributed by atoms with E-state index in [0.29, 0.717) is 19.3 Å². The van der Waals surface area contributed by atoms with E-state index in [1.54, 1.807) is 0 Å². The Labute approximate surface area is 163 Å². The van der Waals surface area contributed by atoms with E-state index in [9.17, 15) is 20.1 Å². The van der Waals surface area contributed by atoms with Crippen molar-refractivity contribution in [3.63, 3.8) is 0 Å². The zero-order valence-electron chi connectivity index (χ0n) is 16.9. The van der Waals surface area contributed by atoms with Crippen LogP contribution < -0.4 is 17.2 Å². The van der Waals surface area contributed by atoms with E-state index >= 15 is 0 Å². The third kappa shape index (κ3) is 12.3. The molecule has 0 amide bonds. The molecule has 0 aromatic carbocycles. The highest BCUT2D eigenvalue weighted by molar-refractivity contribution is 5.68. The van der Waals surface area contributed by atoms with Crippen molar-refractivity contribution >= 4 is 5.97 Å². The van der Waals surface area contributed by atoms with Gasteiger partial charge in [0.25, 0.3) is 0 Å². The molecule has 0 radical (unpaired) electrons. The van der Waals surface area contributed by atoms with Crippen molar-refractivity contribution in [2.24, 2.45) is 17.2 Å². The molecule has 8 nitrogen and oxygen atoms in total. The van der Waals surface area contributed by atoms with Gasteiger partial charge in [-0.05, 0) is 32.1 Å². The molecule has 0 rings (SSSR count). The zero-order chi connectivity index (χ0) is 20.8. The van der Waals surface area contributed by atoms with Crippen molar-refractivity contribution in [2.45, 2.75) is 108 Å². The Hall–Kier alpha value is -0.770. The predicted molar refractivity (Wildman–Crippen MR) is 106 cm³/mol. The van der Waals surface area contributed by atoms with Crippen molar-refractivity contribution in [3.8, 4) is 0 Å². The van der Waals surface area contributed by atoms with Gasteiger partial charge in [0.05, 0.1) is 25.4 Å². The van der Waals surface area contributed by atoms with Crippen molar-refractivity contribution in [3.05, 3.63) is 0 Å². The number of esters is 1. The average molecular weight is 392 g/mol. The van der Waals surface area contributed by atoms with Gasteiger partial charge in [0.2, 0.25) is 0 Å². The fourth-order valence-corrected chi connectivity index (χ4v) is 3.00. The topological polar surface area (TPSA) is 165 Å². The van der Waals surface area contributed by atoms with Gasteiger partial charge < -0.3 is 37.3 Å². The summed E-state index contributed by atoms with van der Waals surface area (Å²) in [5.74, 6) is -0.177. The van der Waals surface area contributed by atoms with E-state index in [1.165, 1.54) is 7.11 Å². The van der Waals surface area contributed by atoms with Gasteiger partial charge in [-0.25, -0.2) is 0 Å². The first-order valence-electron chi connectivity index (χ1n) is 10.1. The first-order chi connectivity index (χ1) is 12.7. The Morgan fingerprint density at radius 1 is 0.815 bits per heavy atom. The summed E-state index contributed by atoms with van der Waals surface area (Å²) >= 11 is 0. The minimum absolute atomic E-state index is 0.177.